The Balaban J connectivity index is 1.90. The van der Waals surface area contributed by atoms with E-state index in [4.69, 9.17) is 0 Å². The summed E-state index contributed by atoms with van der Waals surface area (Å²) in [5.41, 5.74) is 10.6. The van der Waals surface area contributed by atoms with Crippen LogP contribution >= 0.6 is 0 Å². The number of hydrogen-bond donors (Lipinski definition) is 0. The largest absolute Gasteiger partial charge is 0.344 e. The van der Waals surface area contributed by atoms with Gasteiger partial charge in [-0.05, 0) is 52.1 Å². The van der Waals surface area contributed by atoms with Crippen LogP contribution in [-0.2, 0) is 17.3 Å². The van der Waals surface area contributed by atoms with E-state index in [1.165, 1.54) is 33.6 Å². The van der Waals surface area contributed by atoms with Crippen molar-refractivity contribution in [2.24, 2.45) is 0 Å². The van der Waals surface area contributed by atoms with Crippen LogP contribution in [-0.4, -0.2) is 7.05 Å². The minimum absolute atomic E-state index is 0.256. The van der Waals surface area contributed by atoms with Gasteiger partial charge in [0.25, 0.3) is 0 Å². The average molecular weight is 291 g/mol. The lowest BCUT2D eigenvalue weighted by Crippen LogP contribution is -2.51. The normalized spacial score (nSPS) is 19.8. The van der Waals surface area contributed by atoms with Gasteiger partial charge in [-0.15, -0.1) is 0 Å². The molecule has 1 aliphatic heterocycles. The standard InChI is InChI=1S/C21H25N/c1-13-7-8-18-14(9-13)10-15-11-16-17(12-19(15)22(18)6)21(4,5)20(16,2)3/h7-9,11-12H,10H2,1-6H3. The molecule has 0 saturated carbocycles. The summed E-state index contributed by atoms with van der Waals surface area (Å²) in [6, 6.07) is 11.7. The molecular formula is C21H25N. The van der Waals surface area contributed by atoms with Gasteiger partial charge in [-0.2, -0.15) is 0 Å². The molecule has 114 valence electrons. The molecule has 4 rings (SSSR count). The summed E-state index contributed by atoms with van der Waals surface area (Å²) in [7, 11) is 2.20. The predicted octanol–water partition coefficient (Wildman–Crippen LogP) is 5.24. The summed E-state index contributed by atoms with van der Waals surface area (Å²) in [6.45, 7) is 11.7. The van der Waals surface area contributed by atoms with Crippen LogP contribution < -0.4 is 4.90 Å². The minimum atomic E-state index is 0.256. The highest BCUT2D eigenvalue weighted by molar-refractivity contribution is 5.77. The molecule has 0 saturated heterocycles. The van der Waals surface area contributed by atoms with Crippen molar-refractivity contribution in [3.05, 3.63) is 58.1 Å². The molecule has 0 spiro atoms. The van der Waals surface area contributed by atoms with Gasteiger partial charge in [0.05, 0.1) is 0 Å². The lowest BCUT2D eigenvalue weighted by Gasteiger charge is -2.55. The monoisotopic (exact) mass is 291 g/mol. The quantitative estimate of drug-likeness (QED) is 0.642. The van der Waals surface area contributed by atoms with Crippen LogP contribution in [0.3, 0.4) is 0 Å². The molecule has 22 heavy (non-hydrogen) atoms. The summed E-state index contributed by atoms with van der Waals surface area (Å²) < 4.78 is 0. The van der Waals surface area contributed by atoms with Crippen molar-refractivity contribution in [2.45, 2.75) is 51.9 Å². The summed E-state index contributed by atoms with van der Waals surface area (Å²) in [5, 5.41) is 0. The number of hydrogen-bond acceptors (Lipinski definition) is 1. The van der Waals surface area contributed by atoms with Gasteiger partial charge in [0, 0.05) is 24.8 Å². The molecule has 0 N–H and O–H groups in total. The topological polar surface area (TPSA) is 3.24 Å². The van der Waals surface area contributed by atoms with Crippen molar-refractivity contribution in [3.63, 3.8) is 0 Å². The third-order valence-corrected chi connectivity index (χ3v) is 6.47. The van der Waals surface area contributed by atoms with Crippen LogP contribution in [0, 0.1) is 6.92 Å². The maximum atomic E-state index is 2.47. The smallest absolute Gasteiger partial charge is 0.0447 e. The van der Waals surface area contributed by atoms with E-state index in [2.05, 4.69) is 76.9 Å². The highest BCUT2D eigenvalue weighted by Crippen LogP contribution is 2.57. The Kier molecular flexibility index (Phi) is 2.49. The van der Waals surface area contributed by atoms with Gasteiger partial charge >= 0.3 is 0 Å². The molecule has 2 aromatic carbocycles. The highest BCUT2D eigenvalue weighted by atomic mass is 15.1. The van der Waals surface area contributed by atoms with Crippen molar-refractivity contribution in [1.29, 1.82) is 0 Å². The second-order valence-electron chi connectivity index (χ2n) is 8.14. The molecule has 1 heterocycles. The van der Waals surface area contributed by atoms with Crippen molar-refractivity contribution in [2.75, 3.05) is 11.9 Å². The Hall–Kier alpha value is -1.76. The lowest BCUT2D eigenvalue weighted by atomic mass is 9.49. The van der Waals surface area contributed by atoms with Crippen molar-refractivity contribution < 1.29 is 0 Å². The Morgan fingerprint density at radius 1 is 0.818 bits per heavy atom. The van der Waals surface area contributed by atoms with E-state index in [0.29, 0.717) is 0 Å². The Morgan fingerprint density at radius 2 is 1.41 bits per heavy atom. The first kappa shape index (κ1) is 13.9. The fourth-order valence-electron chi connectivity index (χ4n) is 4.25. The second-order valence-corrected chi connectivity index (χ2v) is 8.14. The number of anilines is 2. The molecule has 0 fully saturated rings. The fraction of sp³-hybridized carbons (Fsp3) is 0.429. The molecular weight excluding hydrogens is 266 g/mol. The molecule has 0 unspecified atom stereocenters. The SMILES string of the molecule is Cc1ccc2c(c1)Cc1cc3c(cc1N2C)C(C)(C)C3(C)C. The van der Waals surface area contributed by atoms with E-state index in [1.807, 2.05) is 0 Å². The molecule has 0 aromatic heterocycles. The maximum Gasteiger partial charge on any atom is 0.0447 e. The molecule has 0 amide bonds. The zero-order chi connectivity index (χ0) is 15.9. The first-order valence-corrected chi connectivity index (χ1v) is 8.24. The Labute approximate surface area is 134 Å². The lowest BCUT2D eigenvalue weighted by molar-refractivity contribution is 0.242. The van der Waals surface area contributed by atoms with Crippen LogP contribution in [0.2, 0.25) is 0 Å². The Bertz CT molecular complexity index is 796. The first-order chi connectivity index (χ1) is 10.2. The second kappa shape index (κ2) is 3.95. The van der Waals surface area contributed by atoms with Gasteiger partial charge in [0.2, 0.25) is 0 Å². The predicted molar refractivity (Wildman–Crippen MR) is 94.5 cm³/mol. The summed E-state index contributed by atoms with van der Waals surface area (Å²) in [4.78, 5) is 2.37. The summed E-state index contributed by atoms with van der Waals surface area (Å²) in [5.74, 6) is 0. The van der Waals surface area contributed by atoms with Crippen LogP contribution in [0.1, 0.15) is 55.5 Å². The Morgan fingerprint density at radius 3 is 2.09 bits per heavy atom. The number of aryl methyl sites for hydroxylation is 1. The van der Waals surface area contributed by atoms with Gasteiger partial charge in [-0.1, -0.05) is 51.5 Å². The van der Waals surface area contributed by atoms with E-state index in [9.17, 15) is 0 Å². The van der Waals surface area contributed by atoms with Gasteiger partial charge in [-0.25, -0.2) is 0 Å². The first-order valence-electron chi connectivity index (χ1n) is 8.24. The van der Waals surface area contributed by atoms with Gasteiger partial charge < -0.3 is 4.90 Å². The number of rotatable bonds is 0. The van der Waals surface area contributed by atoms with Crippen molar-refractivity contribution in [3.8, 4) is 0 Å². The summed E-state index contributed by atoms with van der Waals surface area (Å²) >= 11 is 0. The van der Waals surface area contributed by atoms with Crippen molar-refractivity contribution >= 4 is 11.4 Å². The zero-order valence-electron chi connectivity index (χ0n) is 14.5. The molecule has 1 nitrogen and oxygen atoms in total. The van der Waals surface area contributed by atoms with E-state index >= 15 is 0 Å². The maximum absolute atomic E-state index is 2.47. The molecule has 1 heteroatoms. The minimum Gasteiger partial charge on any atom is -0.344 e. The molecule has 0 bridgehead atoms. The van der Waals surface area contributed by atoms with Gasteiger partial charge in [-0.3, -0.25) is 0 Å². The van der Waals surface area contributed by atoms with E-state index in [-0.39, 0.29) is 10.8 Å². The third kappa shape index (κ3) is 1.49. The molecule has 2 aromatic rings. The molecule has 0 atom stereocenters. The number of fused-ring (bicyclic) bond motifs is 3. The van der Waals surface area contributed by atoms with Gasteiger partial charge in [0.15, 0.2) is 0 Å². The van der Waals surface area contributed by atoms with E-state index < -0.39 is 0 Å². The van der Waals surface area contributed by atoms with Crippen LogP contribution in [0.25, 0.3) is 0 Å². The van der Waals surface area contributed by atoms with E-state index in [1.54, 1.807) is 5.56 Å². The van der Waals surface area contributed by atoms with Gasteiger partial charge in [0.1, 0.15) is 0 Å². The van der Waals surface area contributed by atoms with Crippen molar-refractivity contribution in [1.82, 2.24) is 0 Å². The third-order valence-electron chi connectivity index (χ3n) is 6.47. The zero-order valence-corrected chi connectivity index (χ0v) is 14.5. The van der Waals surface area contributed by atoms with Crippen LogP contribution in [0.5, 0.6) is 0 Å². The van der Waals surface area contributed by atoms with Crippen LogP contribution in [0.4, 0.5) is 11.4 Å². The molecule has 1 aliphatic carbocycles. The number of nitrogens with zero attached hydrogens (tertiary/aromatic N) is 1. The molecule has 2 aliphatic rings. The fourth-order valence-corrected chi connectivity index (χ4v) is 4.25. The van der Waals surface area contributed by atoms with E-state index in [0.717, 1.165) is 6.42 Å². The average Bonchev–Trinajstić information content (AvgIpc) is 2.45. The van der Waals surface area contributed by atoms with Crippen LogP contribution in [0.15, 0.2) is 30.3 Å². The number of benzene rings is 2. The molecule has 0 radical (unpaired) electrons. The summed E-state index contributed by atoms with van der Waals surface area (Å²) in [6.07, 6.45) is 1.06. The highest BCUT2D eigenvalue weighted by Gasteiger charge is 2.51.